The van der Waals surface area contributed by atoms with Crippen LogP contribution >= 0.6 is 0 Å². The molecule has 3 aromatic rings. The van der Waals surface area contributed by atoms with Crippen molar-refractivity contribution in [3.8, 4) is 0 Å². The van der Waals surface area contributed by atoms with Gasteiger partial charge in [0.1, 0.15) is 0 Å². The van der Waals surface area contributed by atoms with E-state index in [1.165, 1.54) is 12.1 Å². The number of benzene rings is 3. The Morgan fingerprint density at radius 3 is 1.41 bits per heavy atom. The second-order valence-electron chi connectivity index (χ2n) is 6.48. The molecule has 0 saturated heterocycles. The molecule has 0 fully saturated rings. The third-order valence-electron chi connectivity index (χ3n) is 5.08. The Morgan fingerprint density at radius 2 is 1.04 bits per heavy atom. The molecule has 0 heterocycles. The summed E-state index contributed by atoms with van der Waals surface area (Å²) in [5.41, 5.74) is -1.09. The maximum Gasteiger partial charge on any atom is 0.355 e. The van der Waals surface area contributed by atoms with Crippen molar-refractivity contribution in [1.29, 1.82) is 0 Å². The lowest BCUT2D eigenvalue weighted by Gasteiger charge is -2.28. The van der Waals surface area contributed by atoms with Crippen molar-refractivity contribution in [2.24, 2.45) is 0 Å². The van der Waals surface area contributed by atoms with Crippen LogP contribution in [0.1, 0.15) is 37.8 Å². The number of ketones is 2. The van der Waals surface area contributed by atoms with Crippen LogP contribution in [-0.2, 0) is 0 Å². The van der Waals surface area contributed by atoms with Gasteiger partial charge >= 0.3 is 5.54 Å². The summed E-state index contributed by atoms with van der Waals surface area (Å²) < 4.78 is 0. The third-order valence-corrected chi connectivity index (χ3v) is 5.08. The van der Waals surface area contributed by atoms with E-state index in [1.54, 1.807) is 72.8 Å². The van der Waals surface area contributed by atoms with E-state index in [-0.39, 0.29) is 11.1 Å². The van der Waals surface area contributed by atoms with Gasteiger partial charge in [-0.25, -0.2) is 0 Å². The molecule has 132 valence electrons. The molecule has 0 saturated carbocycles. The molecule has 5 heteroatoms. The van der Waals surface area contributed by atoms with Gasteiger partial charge in [0.05, 0.1) is 5.92 Å². The minimum Gasteiger partial charge on any atom is -0.285 e. The van der Waals surface area contributed by atoms with Gasteiger partial charge in [0.2, 0.25) is 11.6 Å². The minimum atomic E-state index is -2.41. The predicted molar refractivity (Wildman–Crippen MR) is 99.6 cm³/mol. The van der Waals surface area contributed by atoms with E-state index < -0.39 is 27.9 Å². The van der Waals surface area contributed by atoms with Crippen molar-refractivity contribution < 1.29 is 14.5 Å². The van der Waals surface area contributed by atoms with Gasteiger partial charge in [0.15, 0.2) is 0 Å². The molecule has 4 rings (SSSR count). The van der Waals surface area contributed by atoms with Crippen molar-refractivity contribution in [2.75, 3.05) is 0 Å². The molecule has 5 nitrogen and oxygen atoms in total. The normalized spacial score (nSPS) is 15.0. The Balaban J connectivity index is 2.04. The summed E-state index contributed by atoms with van der Waals surface area (Å²) in [5.74, 6) is -2.54. The Morgan fingerprint density at radius 1 is 0.667 bits per heavy atom. The van der Waals surface area contributed by atoms with Gasteiger partial charge in [-0.1, -0.05) is 84.9 Å². The smallest absolute Gasteiger partial charge is 0.285 e. The number of hydrogen-bond donors (Lipinski definition) is 0. The maximum absolute atomic E-state index is 13.3. The summed E-state index contributed by atoms with van der Waals surface area (Å²) >= 11 is 0. The van der Waals surface area contributed by atoms with Crippen LogP contribution in [0.3, 0.4) is 0 Å². The highest BCUT2D eigenvalue weighted by atomic mass is 16.6. The highest BCUT2D eigenvalue weighted by Gasteiger charge is 2.68. The van der Waals surface area contributed by atoms with Gasteiger partial charge in [0.25, 0.3) is 0 Å². The lowest BCUT2D eigenvalue weighted by molar-refractivity contribution is -0.532. The molecule has 0 spiro atoms. The van der Waals surface area contributed by atoms with Crippen LogP contribution in [0.15, 0.2) is 84.9 Å². The van der Waals surface area contributed by atoms with Crippen LogP contribution in [0.25, 0.3) is 0 Å². The summed E-state index contributed by atoms with van der Waals surface area (Å²) in [6.45, 7) is 0. The molecule has 0 aliphatic heterocycles. The molecule has 1 aliphatic carbocycles. The average molecular weight is 357 g/mol. The zero-order valence-corrected chi connectivity index (χ0v) is 14.2. The molecule has 0 amide bonds. The van der Waals surface area contributed by atoms with Crippen LogP contribution in [0, 0.1) is 10.1 Å². The van der Waals surface area contributed by atoms with Gasteiger partial charge in [-0.2, -0.15) is 0 Å². The number of carbonyl (C=O) groups excluding carboxylic acids is 2. The number of Topliss-reactive ketones (excluding diaryl/α,β-unsaturated/α-hetero) is 2. The van der Waals surface area contributed by atoms with Crippen LogP contribution in [0.5, 0.6) is 0 Å². The fraction of sp³-hybridized carbons (Fsp3) is 0.0909. The fourth-order valence-electron chi connectivity index (χ4n) is 3.89. The lowest BCUT2D eigenvalue weighted by atomic mass is 9.72. The molecular formula is C22H15NO4. The van der Waals surface area contributed by atoms with Gasteiger partial charge in [0, 0.05) is 16.1 Å². The van der Waals surface area contributed by atoms with E-state index in [4.69, 9.17) is 0 Å². The molecule has 0 N–H and O–H groups in total. The SMILES string of the molecule is O=C1c2ccccc2C(=O)C1(C(c1ccccc1)c1ccccc1)[N+](=O)[O-]. The number of nitrogens with zero attached hydrogens (tertiary/aromatic N) is 1. The maximum atomic E-state index is 13.3. The van der Waals surface area contributed by atoms with Crippen LogP contribution < -0.4 is 0 Å². The number of fused-ring (bicyclic) bond motifs is 1. The monoisotopic (exact) mass is 357 g/mol. The van der Waals surface area contributed by atoms with Crippen molar-refractivity contribution in [1.82, 2.24) is 0 Å². The number of hydrogen-bond acceptors (Lipinski definition) is 4. The molecule has 0 aromatic heterocycles. The average Bonchev–Trinajstić information content (AvgIpc) is 2.93. The highest BCUT2D eigenvalue weighted by Crippen LogP contribution is 2.45. The fourth-order valence-corrected chi connectivity index (χ4v) is 3.89. The molecule has 0 unspecified atom stereocenters. The van der Waals surface area contributed by atoms with E-state index >= 15 is 0 Å². The van der Waals surface area contributed by atoms with Gasteiger partial charge < -0.3 is 0 Å². The lowest BCUT2D eigenvalue weighted by Crippen LogP contribution is -2.54. The van der Waals surface area contributed by atoms with Crippen LogP contribution in [0.2, 0.25) is 0 Å². The summed E-state index contributed by atoms with van der Waals surface area (Å²) in [4.78, 5) is 38.3. The van der Waals surface area contributed by atoms with Crippen LogP contribution in [0.4, 0.5) is 0 Å². The van der Waals surface area contributed by atoms with Crippen molar-refractivity contribution >= 4 is 11.6 Å². The zero-order valence-electron chi connectivity index (χ0n) is 14.2. The Labute approximate surface area is 155 Å². The van der Waals surface area contributed by atoms with Gasteiger partial charge in [-0.05, 0) is 11.1 Å². The zero-order chi connectivity index (χ0) is 19.0. The standard InChI is InChI=1S/C22H15NO4/c24-20-17-13-7-8-14-18(17)21(25)22(20,23(26)27)19(15-9-3-1-4-10-15)16-11-5-2-6-12-16/h1-14,19H. The van der Waals surface area contributed by atoms with E-state index in [1.807, 2.05) is 0 Å². The Kier molecular flexibility index (Phi) is 3.92. The summed E-state index contributed by atoms with van der Waals surface area (Å²) in [6, 6.07) is 23.6. The molecule has 27 heavy (non-hydrogen) atoms. The molecule has 0 radical (unpaired) electrons. The predicted octanol–water partition coefficient (Wildman–Crippen LogP) is 3.91. The first-order valence-corrected chi connectivity index (χ1v) is 8.51. The van der Waals surface area contributed by atoms with E-state index in [2.05, 4.69) is 0 Å². The quantitative estimate of drug-likeness (QED) is 0.403. The number of rotatable bonds is 4. The number of carbonyl (C=O) groups is 2. The summed E-state index contributed by atoms with van der Waals surface area (Å²) in [6.07, 6.45) is 0. The van der Waals surface area contributed by atoms with Crippen molar-refractivity contribution in [3.63, 3.8) is 0 Å². The first kappa shape index (κ1) is 16.8. The topological polar surface area (TPSA) is 77.3 Å². The molecule has 1 aliphatic rings. The van der Waals surface area contributed by atoms with Gasteiger partial charge in [-0.15, -0.1) is 0 Å². The van der Waals surface area contributed by atoms with E-state index in [0.29, 0.717) is 11.1 Å². The van der Waals surface area contributed by atoms with Crippen molar-refractivity contribution in [3.05, 3.63) is 117 Å². The highest BCUT2D eigenvalue weighted by molar-refractivity contribution is 6.32. The first-order chi connectivity index (χ1) is 13.1. The summed E-state index contributed by atoms with van der Waals surface area (Å²) in [5, 5.41) is 12.4. The van der Waals surface area contributed by atoms with Gasteiger partial charge in [-0.3, -0.25) is 19.7 Å². The molecule has 0 bridgehead atoms. The minimum absolute atomic E-state index is 0.107. The Bertz CT molecular complexity index is 970. The third kappa shape index (κ3) is 2.32. The summed E-state index contributed by atoms with van der Waals surface area (Å²) in [7, 11) is 0. The second kappa shape index (κ2) is 6.29. The molecule has 0 atom stereocenters. The van der Waals surface area contributed by atoms with Crippen LogP contribution in [-0.4, -0.2) is 22.0 Å². The van der Waals surface area contributed by atoms with Crippen molar-refractivity contribution in [2.45, 2.75) is 11.5 Å². The second-order valence-corrected chi connectivity index (χ2v) is 6.48. The Hall–Kier alpha value is -3.60. The first-order valence-electron chi connectivity index (χ1n) is 8.51. The van der Waals surface area contributed by atoms with E-state index in [9.17, 15) is 19.7 Å². The van der Waals surface area contributed by atoms with E-state index in [0.717, 1.165) is 0 Å². The molecule has 3 aromatic carbocycles. The number of nitro groups is 1. The largest absolute Gasteiger partial charge is 0.355 e. The molecular weight excluding hydrogens is 342 g/mol.